The van der Waals surface area contributed by atoms with Crippen LogP contribution in [0.2, 0.25) is 0 Å². The van der Waals surface area contributed by atoms with Crippen LogP contribution < -0.4 is 21.3 Å². The highest BCUT2D eigenvalue weighted by Gasteiger charge is 2.32. The van der Waals surface area contributed by atoms with E-state index in [1.165, 1.54) is 0 Å². The van der Waals surface area contributed by atoms with Crippen molar-refractivity contribution < 1.29 is 29.0 Å². The smallest absolute Gasteiger partial charge is 0.408 e. The number of aromatic nitrogens is 1. The second kappa shape index (κ2) is 20.2. The Labute approximate surface area is 296 Å². The molecule has 0 radical (unpaired) electrons. The van der Waals surface area contributed by atoms with Crippen LogP contribution in [0, 0.1) is 17.8 Å². The molecule has 50 heavy (non-hydrogen) atoms. The molecule has 5 atom stereocenters. The van der Waals surface area contributed by atoms with E-state index in [0.717, 1.165) is 28.5 Å². The Morgan fingerprint density at radius 2 is 1.46 bits per heavy atom. The van der Waals surface area contributed by atoms with Crippen molar-refractivity contribution in [2.75, 3.05) is 6.54 Å². The van der Waals surface area contributed by atoms with Gasteiger partial charge in [0.15, 0.2) is 0 Å². The Hall–Kier alpha value is -4.51. The molecule has 11 nitrogen and oxygen atoms in total. The summed E-state index contributed by atoms with van der Waals surface area (Å²) in [5.41, 5.74) is 2.33. The maximum absolute atomic E-state index is 14.0. The van der Waals surface area contributed by atoms with E-state index in [4.69, 9.17) is 4.74 Å². The molecule has 3 unspecified atom stereocenters. The van der Waals surface area contributed by atoms with Gasteiger partial charge < -0.3 is 31.1 Å². The Kier molecular flexibility index (Phi) is 16.2. The summed E-state index contributed by atoms with van der Waals surface area (Å²) in [7, 11) is 0. The van der Waals surface area contributed by atoms with Gasteiger partial charge in [0.1, 0.15) is 18.7 Å². The number of carbonyl (C=O) groups is 4. The highest BCUT2D eigenvalue weighted by Crippen LogP contribution is 2.19. The number of amides is 4. The molecule has 272 valence electrons. The van der Waals surface area contributed by atoms with Crippen LogP contribution in [0.3, 0.4) is 0 Å². The number of ether oxygens (including phenoxy) is 1. The molecule has 0 saturated carbocycles. The highest BCUT2D eigenvalue weighted by molar-refractivity contribution is 5.92. The third kappa shape index (κ3) is 13.4. The van der Waals surface area contributed by atoms with Crippen LogP contribution in [-0.2, 0) is 32.1 Å². The maximum Gasteiger partial charge on any atom is 0.408 e. The van der Waals surface area contributed by atoms with Gasteiger partial charge in [0.2, 0.25) is 17.7 Å². The molecule has 4 amide bonds. The third-order valence-corrected chi connectivity index (χ3v) is 8.58. The second-order valence-corrected chi connectivity index (χ2v) is 14.0. The van der Waals surface area contributed by atoms with Crippen LogP contribution in [-0.4, -0.2) is 64.7 Å². The summed E-state index contributed by atoms with van der Waals surface area (Å²) < 4.78 is 5.45. The number of benzene rings is 2. The van der Waals surface area contributed by atoms with Gasteiger partial charge in [0.25, 0.3) is 0 Å². The molecular formula is C39H55N5O6. The molecule has 0 fully saturated rings. The summed E-state index contributed by atoms with van der Waals surface area (Å²) in [5.74, 6) is -0.877. The first-order chi connectivity index (χ1) is 23.9. The molecule has 0 bridgehead atoms. The van der Waals surface area contributed by atoms with Gasteiger partial charge in [-0.05, 0) is 53.9 Å². The van der Waals surface area contributed by atoms with Crippen LogP contribution in [0.4, 0.5) is 4.79 Å². The summed E-state index contributed by atoms with van der Waals surface area (Å²) in [4.78, 5) is 57.9. The van der Waals surface area contributed by atoms with Gasteiger partial charge >= 0.3 is 6.09 Å². The summed E-state index contributed by atoms with van der Waals surface area (Å²) in [6, 6.07) is 15.8. The number of aliphatic hydroxyl groups excluding tert-OH is 1. The summed E-state index contributed by atoms with van der Waals surface area (Å²) >= 11 is 0. The van der Waals surface area contributed by atoms with E-state index in [2.05, 4.69) is 26.3 Å². The normalized spacial score (nSPS) is 14.3. The molecule has 3 aromatic rings. The molecule has 3 rings (SSSR count). The zero-order valence-corrected chi connectivity index (χ0v) is 30.3. The standard InChI is InChI=1S/C39H55N5O6/c1-7-27(6)23-41-36(46)22-35(45)32(19-25(2)3)42-37(47)33(20-26(4)5)43-38(48)34(44-39(49)50-24-28-13-9-8-10-14-28)21-29-17-18-40-31-16-12-11-15-30(29)31/h8-18,25-27,32-35,45H,7,19-24H2,1-6H3,(H,41,46)(H,42,47)(H,43,48)(H,44,49)/t27?,32?,33-,34-,35?/m0/s1. The zero-order chi connectivity index (χ0) is 36.6. The lowest BCUT2D eigenvalue weighted by atomic mass is 9.95. The van der Waals surface area contributed by atoms with Crippen molar-refractivity contribution in [1.29, 1.82) is 0 Å². The lowest BCUT2D eigenvalue weighted by Gasteiger charge is -2.29. The lowest BCUT2D eigenvalue weighted by molar-refractivity contribution is -0.131. The average molecular weight is 690 g/mol. The number of aliphatic hydroxyl groups is 1. The number of hydrogen-bond acceptors (Lipinski definition) is 7. The lowest BCUT2D eigenvalue weighted by Crippen LogP contribution is -2.57. The van der Waals surface area contributed by atoms with E-state index < -0.39 is 42.1 Å². The number of pyridine rings is 1. The number of alkyl carbamates (subject to hydrolysis) is 1. The van der Waals surface area contributed by atoms with E-state index in [9.17, 15) is 24.3 Å². The number of nitrogens with one attached hydrogen (secondary N) is 4. The fourth-order valence-electron chi connectivity index (χ4n) is 5.58. The number of carbonyl (C=O) groups excluding carboxylic acids is 4. The van der Waals surface area contributed by atoms with Gasteiger partial charge in [-0.3, -0.25) is 19.4 Å². The maximum atomic E-state index is 14.0. The largest absolute Gasteiger partial charge is 0.445 e. The van der Waals surface area contributed by atoms with E-state index in [1.807, 2.05) is 96.1 Å². The van der Waals surface area contributed by atoms with Gasteiger partial charge in [-0.15, -0.1) is 0 Å². The van der Waals surface area contributed by atoms with Crippen molar-refractivity contribution in [1.82, 2.24) is 26.3 Å². The minimum absolute atomic E-state index is 0.0206. The van der Waals surface area contributed by atoms with Gasteiger partial charge in [-0.2, -0.15) is 0 Å². The van der Waals surface area contributed by atoms with Crippen LogP contribution in [0.5, 0.6) is 0 Å². The molecule has 0 aliphatic rings. The average Bonchev–Trinajstić information content (AvgIpc) is 3.08. The molecule has 1 aromatic heterocycles. The number of fused-ring (bicyclic) bond motifs is 1. The Morgan fingerprint density at radius 1 is 0.800 bits per heavy atom. The highest BCUT2D eigenvalue weighted by atomic mass is 16.5. The summed E-state index contributed by atoms with van der Waals surface area (Å²) in [6.07, 6.45) is 1.37. The predicted octanol–water partition coefficient (Wildman–Crippen LogP) is 5.05. The van der Waals surface area contributed by atoms with E-state index in [0.29, 0.717) is 25.3 Å². The Bertz CT molecular complexity index is 1530. The number of rotatable bonds is 19. The van der Waals surface area contributed by atoms with Gasteiger partial charge in [0.05, 0.1) is 24.1 Å². The fourth-order valence-corrected chi connectivity index (χ4v) is 5.58. The van der Waals surface area contributed by atoms with Crippen LogP contribution in [0.1, 0.15) is 78.4 Å². The minimum atomic E-state index is -1.12. The zero-order valence-electron chi connectivity index (χ0n) is 30.3. The van der Waals surface area contributed by atoms with Crippen molar-refractivity contribution >= 4 is 34.7 Å². The van der Waals surface area contributed by atoms with Crippen molar-refractivity contribution in [3.8, 4) is 0 Å². The monoisotopic (exact) mass is 689 g/mol. The van der Waals surface area contributed by atoms with Gasteiger partial charge in [-0.1, -0.05) is 96.5 Å². The van der Waals surface area contributed by atoms with Crippen LogP contribution in [0.15, 0.2) is 66.9 Å². The Balaban J connectivity index is 1.80. The molecular weight excluding hydrogens is 634 g/mol. The minimum Gasteiger partial charge on any atom is -0.445 e. The molecule has 11 heteroatoms. The first-order valence-corrected chi connectivity index (χ1v) is 17.7. The van der Waals surface area contributed by atoms with Crippen molar-refractivity contribution in [3.63, 3.8) is 0 Å². The molecule has 0 spiro atoms. The van der Waals surface area contributed by atoms with Crippen molar-refractivity contribution in [2.45, 2.75) is 104 Å². The molecule has 0 saturated heterocycles. The molecule has 0 aliphatic heterocycles. The third-order valence-electron chi connectivity index (χ3n) is 8.58. The molecule has 0 aliphatic carbocycles. The molecule has 2 aromatic carbocycles. The SMILES string of the molecule is CCC(C)CNC(=O)CC(O)C(CC(C)C)NC(=O)[C@H](CC(C)C)NC(=O)[C@H](Cc1ccnc2ccccc12)NC(=O)OCc1ccccc1. The first-order valence-electron chi connectivity index (χ1n) is 17.7. The van der Waals surface area contributed by atoms with Crippen LogP contribution in [0.25, 0.3) is 10.9 Å². The second-order valence-electron chi connectivity index (χ2n) is 14.0. The van der Waals surface area contributed by atoms with Crippen molar-refractivity contribution in [3.05, 3.63) is 78.0 Å². The fraction of sp³-hybridized carbons (Fsp3) is 0.513. The summed E-state index contributed by atoms with van der Waals surface area (Å²) in [6.45, 7) is 12.4. The quantitative estimate of drug-likeness (QED) is 0.118. The van der Waals surface area contributed by atoms with Crippen molar-refractivity contribution in [2.24, 2.45) is 17.8 Å². The summed E-state index contributed by atoms with van der Waals surface area (Å²) in [5, 5.41) is 23.3. The van der Waals surface area contributed by atoms with E-state index >= 15 is 0 Å². The van der Waals surface area contributed by atoms with E-state index in [-0.39, 0.29) is 37.2 Å². The van der Waals surface area contributed by atoms with E-state index in [1.54, 1.807) is 12.3 Å². The first kappa shape index (κ1) is 39.9. The Morgan fingerprint density at radius 3 is 2.14 bits per heavy atom. The molecule has 5 N–H and O–H groups in total. The van der Waals surface area contributed by atoms with Gasteiger partial charge in [0, 0.05) is 24.5 Å². The number of hydrogen-bond donors (Lipinski definition) is 5. The number of para-hydroxylation sites is 1. The molecule has 1 heterocycles. The topological polar surface area (TPSA) is 159 Å². The van der Waals surface area contributed by atoms with Crippen LogP contribution >= 0.6 is 0 Å². The number of nitrogens with zero attached hydrogens (tertiary/aromatic N) is 1. The van der Waals surface area contributed by atoms with Gasteiger partial charge in [-0.25, -0.2) is 4.79 Å². The predicted molar refractivity (Wildman–Crippen MR) is 195 cm³/mol.